The number of halogens is 2. The minimum atomic E-state index is -0.430. The van der Waals surface area contributed by atoms with Crippen LogP contribution in [0.2, 0.25) is 5.02 Å². The Labute approximate surface area is 138 Å². The lowest BCUT2D eigenvalue weighted by atomic mass is 10.2. The van der Waals surface area contributed by atoms with Crippen molar-refractivity contribution in [3.63, 3.8) is 0 Å². The molecule has 0 amide bonds. The monoisotopic (exact) mass is 337 g/mol. The zero-order valence-corrected chi connectivity index (χ0v) is 13.3. The van der Waals surface area contributed by atoms with Crippen LogP contribution in [0.15, 0.2) is 42.7 Å². The second kappa shape index (κ2) is 6.56. The molecular weight excluding hydrogens is 323 g/mol. The van der Waals surface area contributed by atoms with E-state index in [1.807, 2.05) is 23.2 Å². The van der Waals surface area contributed by atoms with E-state index >= 15 is 0 Å². The number of hydrogen-bond donors (Lipinski definition) is 2. The third-order valence-corrected chi connectivity index (χ3v) is 4.16. The summed E-state index contributed by atoms with van der Waals surface area (Å²) in [4.78, 5) is 7.34. The van der Waals surface area contributed by atoms with Gasteiger partial charge in [-0.05, 0) is 36.5 Å². The second-order valence-corrected chi connectivity index (χ2v) is 5.93. The molecule has 2 aromatic rings. The summed E-state index contributed by atoms with van der Waals surface area (Å²) in [7, 11) is 0. The van der Waals surface area contributed by atoms with E-state index in [0.29, 0.717) is 11.8 Å². The summed E-state index contributed by atoms with van der Waals surface area (Å²) in [5.41, 5.74) is 1.94. The van der Waals surface area contributed by atoms with Gasteiger partial charge in [0.15, 0.2) is 18.4 Å². The topological polar surface area (TPSA) is 32.6 Å². The lowest BCUT2D eigenvalue weighted by Gasteiger charge is -2.35. The molecule has 2 heterocycles. The van der Waals surface area contributed by atoms with Crippen molar-refractivity contribution in [2.45, 2.75) is 6.54 Å². The number of quaternary nitrogens is 1. The summed E-state index contributed by atoms with van der Waals surface area (Å²) < 4.78 is 13.3. The molecule has 1 fully saturated rings. The van der Waals surface area contributed by atoms with Crippen molar-refractivity contribution in [3.8, 4) is 0 Å². The number of nitrogens with zero attached hydrogens (tertiary/aromatic N) is 2. The molecule has 1 aliphatic rings. The van der Waals surface area contributed by atoms with E-state index < -0.39 is 5.82 Å². The first-order chi connectivity index (χ1) is 10.6. The van der Waals surface area contributed by atoms with Gasteiger partial charge in [-0.1, -0.05) is 17.7 Å². The summed E-state index contributed by atoms with van der Waals surface area (Å²) in [6, 6.07) is 8.61. The van der Waals surface area contributed by atoms with Crippen molar-refractivity contribution in [1.29, 1.82) is 0 Å². The number of rotatable bonds is 3. The number of nitrogens with one attached hydrogen (secondary N) is 2. The maximum atomic E-state index is 13.3. The van der Waals surface area contributed by atoms with Crippen LogP contribution in [0, 0.1) is 5.82 Å². The van der Waals surface area contributed by atoms with E-state index in [4.69, 9.17) is 23.8 Å². The molecule has 0 aliphatic carbocycles. The SMILES string of the molecule is Fc1ccc(N2C[NH+](Cc3cccnc3)CNC2=S)cc1Cl. The van der Waals surface area contributed by atoms with Crippen molar-refractivity contribution in [2.75, 3.05) is 18.2 Å². The molecule has 0 bridgehead atoms. The van der Waals surface area contributed by atoms with E-state index in [0.717, 1.165) is 24.5 Å². The van der Waals surface area contributed by atoms with E-state index in [-0.39, 0.29) is 5.02 Å². The van der Waals surface area contributed by atoms with E-state index in [2.05, 4.69) is 10.3 Å². The van der Waals surface area contributed by atoms with Crippen LogP contribution in [0.4, 0.5) is 10.1 Å². The number of hydrogen-bond acceptors (Lipinski definition) is 2. The van der Waals surface area contributed by atoms with Gasteiger partial charge >= 0.3 is 0 Å². The van der Waals surface area contributed by atoms with E-state index in [1.165, 1.54) is 11.0 Å². The van der Waals surface area contributed by atoms with Gasteiger partial charge in [-0.15, -0.1) is 0 Å². The highest BCUT2D eigenvalue weighted by atomic mass is 35.5. The average Bonchev–Trinajstić information content (AvgIpc) is 2.53. The fourth-order valence-corrected chi connectivity index (χ4v) is 2.84. The maximum absolute atomic E-state index is 13.3. The summed E-state index contributed by atoms with van der Waals surface area (Å²) in [6.45, 7) is 2.25. The molecule has 3 rings (SSSR count). The molecule has 0 spiro atoms. The standard InChI is InChI=1S/C15H14ClFN4S/c16-13-6-12(3-4-14(13)17)21-10-20(9-19-15(21)22)8-11-2-1-5-18-7-11/h1-7H,8-10H2,(H,19,22)/p+1. The van der Waals surface area contributed by atoms with Crippen molar-refractivity contribution >= 4 is 34.6 Å². The number of anilines is 1. The Kier molecular flexibility index (Phi) is 4.52. The largest absolute Gasteiger partial charge is 0.315 e. The number of pyridine rings is 1. The fraction of sp³-hybridized carbons (Fsp3) is 0.200. The van der Waals surface area contributed by atoms with Crippen LogP contribution in [0.5, 0.6) is 0 Å². The molecule has 1 aromatic carbocycles. The Morgan fingerprint density at radius 2 is 2.27 bits per heavy atom. The predicted octanol–water partition coefficient (Wildman–Crippen LogP) is 1.57. The van der Waals surface area contributed by atoms with Crippen LogP contribution in [0.25, 0.3) is 0 Å². The molecule has 7 heteroatoms. The van der Waals surface area contributed by atoms with E-state index in [1.54, 1.807) is 18.3 Å². The Morgan fingerprint density at radius 1 is 1.41 bits per heavy atom. The molecule has 0 radical (unpaired) electrons. The molecule has 1 unspecified atom stereocenters. The molecule has 1 aromatic heterocycles. The van der Waals surface area contributed by atoms with Crippen LogP contribution < -0.4 is 15.1 Å². The van der Waals surface area contributed by atoms with Crippen LogP contribution in [0.1, 0.15) is 5.56 Å². The highest BCUT2D eigenvalue weighted by Gasteiger charge is 2.25. The Balaban J connectivity index is 1.76. The fourth-order valence-electron chi connectivity index (χ4n) is 2.42. The van der Waals surface area contributed by atoms with E-state index in [9.17, 15) is 4.39 Å². The highest BCUT2D eigenvalue weighted by Crippen LogP contribution is 2.22. The maximum Gasteiger partial charge on any atom is 0.182 e. The molecule has 4 nitrogen and oxygen atoms in total. The van der Waals surface area contributed by atoms with Crippen molar-refractivity contribution in [3.05, 3.63) is 59.1 Å². The van der Waals surface area contributed by atoms with Gasteiger partial charge in [0.2, 0.25) is 0 Å². The Bertz CT molecular complexity index is 682. The lowest BCUT2D eigenvalue weighted by molar-refractivity contribution is -0.916. The zero-order valence-electron chi connectivity index (χ0n) is 11.7. The van der Waals surface area contributed by atoms with Crippen LogP contribution in [-0.4, -0.2) is 23.4 Å². The van der Waals surface area contributed by atoms with Crippen LogP contribution in [0.3, 0.4) is 0 Å². The lowest BCUT2D eigenvalue weighted by Crippen LogP contribution is -3.16. The van der Waals surface area contributed by atoms with Crippen molar-refractivity contribution < 1.29 is 9.29 Å². The number of thiocarbonyl (C=S) groups is 1. The summed E-state index contributed by atoms with van der Waals surface area (Å²) in [6.07, 6.45) is 3.62. The molecule has 0 saturated carbocycles. The summed E-state index contributed by atoms with van der Waals surface area (Å²) in [5, 5.41) is 3.92. The predicted molar refractivity (Wildman–Crippen MR) is 88.3 cm³/mol. The van der Waals surface area contributed by atoms with Gasteiger partial charge < -0.3 is 5.32 Å². The first kappa shape index (κ1) is 15.1. The van der Waals surface area contributed by atoms with Crippen LogP contribution >= 0.6 is 23.8 Å². The molecular formula is C15H15ClFN4S+. The average molecular weight is 338 g/mol. The quantitative estimate of drug-likeness (QED) is 0.833. The normalized spacial score (nSPS) is 18.2. The smallest absolute Gasteiger partial charge is 0.182 e. The Hall–Kier alpha value is -1.76. The minimum Gasteiger partial charge on any atom is -0.315 e. The van der Waals surface area contributed by atoms with Gasteiger partial charge in [-0.2, -0.15) is 0 Å². The minimum absolute atomic E-state index is 0.0969. The highest BCUT2D eigenvalue weighted by molar-refractivity contribution is 7.80. The molecule has 114 valence electrons. The summed E-state index contributed by atoms with van der Waals surface area (Å²) in [5.74, 6) is -0.430. The molecule has 22 heavy (non-hydrogen) atoms. The zero-order chi connectivity index (χ0) is 15.5. The van der Waals surface area contributed by atoms with Gasteiger partial charge in [0.1, 0.15) is 12.4 Å². The summed E-state index contributed by atoms with van der Waals surface area (Å²) >= 11 is 11.2. The first-order valence-corrected chi connectivity index (χ1v) is 7.65. The third kappa shape index (κ3) is 3.35. The first-order valence-electron chi connectivity index (χ1n) is 6.86. The molecule has 1 atom stereocenters. The Morgan fingerprint density at radius 3 is 3.00 bits per heavy atom. The van der Waals surface area contributed by atoms with Crippen molar-refractivity contribution in [1.82, 2.24) is 10.3 Å². The van der Waals surface area contributed by atoms with Gasteiger partial charge in [-0.3, -0.25) is 14.8 Å². The van der Waals surface area contributed by atoms with Crippen LogP contribution in [-0.2, 0) is 6.54 Å². The van der Waals surface area contributed by atoms with Gasteiger partial charge in [-0.25, -0.2) is 4.39 Å². The molecule has 2 N–H and O–H groups in total. The van der Waals surface area contributed by atoms with Gasteiger partial charge in [0.25, 0.3) is 0 Å². The second-order valence-electron chi connectivity index (χ2n) is 5.13. The number of aromatic nitrogens is 1. The van der Waals surface area contributed by atoms with Crippen molar-refractivity contribution in [2.24, 2.45) is 0 Å². The van der Waals surface area contributed by atoms with Gasteiger partial charge in [0, 0.05) is 18.0 Å². The van der Waals surface area contributed by atoms with Gasteiger partial charge in [0.05, 0.1) is 10.7 Å². The third-order valence-electron chi connectivity index (χ3n) is 3.51. The molecule has 1 aliphatic heterocycles. The number of benzene rings is 1. The molecule has 1 saturated heterocycles.